The summed E-state index contributed by atoms with van der Waals surface area (Å²) in [7, 11) is 0. The van der Waals surface area contributed by atoms with Crippen molar-refractivity contribution in [3.8, 4) is 0 Å². The zero-order valence-corrected chi connectivity index (χ0v) is 9.74. The summed E-state index contributed by atoms with van der Waals surface area (Å²) in [6, 6.07) is 3.90. The van der Waals surface area contributed by atoms with Crippen LogP contribution in [0.5, 0.6) is 0 Å². The maximum atomic E-state index is 5.45. The molecule has 2 rings (SSSR count). The first kappa shape index (κ1) is 10.7. The molecule has 16 heavy (non-hydrogen) atoms. The fourth-order valence-electron chi connectivity index (χ4n) is 1.38. The van der Waals surface area contributed by atoms with Crippen molar-refractivity contribution >= 4 is 5.82 Å². The second-order valence-electron chi connectivity index (χ2n) is 3.79. The molecule has 0 aliphatic carbocycles. The average molecular weight is 217 g/mol. The van der Waals surface area contributed by atoms with E-state index in [2.05, 4.69) is 15.3 Å². The van der Waals surface area contributed by atoms with E-state index in [-0.39, 0.29) is 0 Å². The number of nitrogens with zero attached hydrogens (tertiary/aromatic N) is 2. The zero-order valence-electron chi connectivity index (χ0n) is 9.74. The van der Waals surface area contributed by atoms with Crippen molar-refractivity contribution in [2.24, 2.45) is 0 Å². The zero-order chi connectivity index (χ0) is 11.5. The van der Waals surface area contributed by atoms with Crippen molar-refractivity contribution in [3.05, 3.63) is 41.2 Å². The Kier molecular flexibility index (Phi) is 2.90. The molecular formula is C12H15N3O. The fourth-order valence-corrected chi connectivity index (χ4v) is 1.38. The van der Waals surface area contributed by atoms with Gasteiger partial charge < -0.3 is 9.73 Å². The number of rotatable bonds is 3. The topological polar surface area (TPSA) is 51.0 Å². The van der Waals surface area contributed by atoms with E-state index in [0.29, 0.717) is 6.54 Å². The first-order chi connectivity index (χ1) is 7.65. The average Bonchev–Trinajstić information content (AvgIpc) is 2.66. The van der Waals surface area contributed by atoms with Crippen LogP contribution in [0, 0.1) is 20.8 Å². The predicted octanol–water partition coefficient (Wildman–Crippen LogP) is 2.61. The van der Waals surface area contributed by atoms with Crippen molar-refractivity contribution in [3.63, 3.8) is 0 Å². The molecule has 2 heterocycles. The molecule has 0 aliphatic heterocycles. The maximum absolute atomic E-state index is 5.45. The summed E-state index contributed by atoms with van der Waals surface area (Å²) < 4.78 is 5.45. The Morgan fingerprint density at radius 1 is 1.19 bits per heavy atom. The molecule has 0 fully saturated rings. The first-order valence-corrected chi connectivity index (χ1v) is 5.24. The van der Waals surface area contributed by atoms with Gasteiger partial charge in [0.15, 0.2) is 0 Å². The lowest BCUT2D eigenvalue weighted by atomic mass is 10.3. The van der Waals surface area contributed by atoms with Crippen LogP contribution in [-0.4, -0.2) is 9.97 Å². The number of furan rings is 1. The first-order valence-electron chi connectivity index (χ1n) is 5.24. The molecule has 0 aromatic carbocycles. The monoisotopic (exact) mass is 217 g/mol. The Hall–Kier alpha value is -1.84. The normalized spacial score (nSPS) is 10.4. The second kappa shape index (κ2) is 4.35. The molecule has 1 N–H and O–H groups in total. The molecule has 0 saturated carbocycles. The highest BCUT2D eigenvalue weighted by atomic mass is 16.3. The summed E-state index contributed by atoms with van der Waals surface area (Å²) in [5, 5.41) is 3.17. The minimum atomic E-state index is 0.630. The third-order valence-corrected chi connectivity index (χ3v) is 2.43. The van der Waals surface area contributed by atoms with Crippen molar-refractivity contribution in [1.29, 1.82) is 0 Å². The van der Waals surface area contributed by atoms with Crippen molar-refractivity contribution in [2.45, 2.75) is 27.3 Å². The summed E-state index contributed by atoms with van der Waals surface area (Å²) in [6.45, 7) is 6.46. The summed E-state index contributed by atoms with van der Waals surface area (Å²) in [5.41, 5.74) is 1.90. The highest BCUT2D eigenvalue weighted by Crippen LogP contribution is 2.10. The van der Waals surface area contributed by atoms with Gasteiger partial charge in [0.05, 0.1) is 24.1 Å². The standard InChI is InChI=1S/C12H15N3O/c1-8-4-5-11(16-8)6-14-12-7-13-9(2)10(3)15-12/h4-5,7H,6H2,1-3H3,(H,14,15). The van der Waals surface area contributed by atoms with Crippen LogP contribution >= 0.6 is 0 Å². The highest BCUT2D eigenvalue weighted by Gasteiger charge is 2.01. The van der Waals surface area contributed by atoms with Crippen LogP contribution in [0.1, 0.15) is 22.9 Å². The third kappa shape index (κ3) is 2.39. The lowest BCUT2D eigenvalue weighted by Crippen LogP contribution is -2.03. The van der Waals surface area contributed by atoms with Gasteiger partial charge in [-0.1, -0.05) is 0 Å². The van der Waals surface area contributed by atoms with Crippen molar-refractivity contribution in [2.75, 3.05) is 5.32 Å². The molecule has 0 unspecified atom stereocenters. The van der Waals surface area contributed by atoms with Gasteiger partial charge in [-0.05, 0) is 32.9 Å². The molecule has 2 aromatic rings. The number of hydrogen-bond donors (Lipinski definition) is 1. The van der Waals surface area contributed by atoms with E-state index in [0.717, 1.165) is 28.7 Å². The van der Waals surface area contributed by atoms with Crippen LogP contribution in [0.3, 0.4) is 0 Å². The number of nitrogens with one attached hydrogen (secondary N) is 1. The van der Waals surface area contributed by atoms with E-state index in [1.807, 2.05) is 32.9 Å². The van der Waals surface area contributed by atoms with Gasteiger partial charge in [0.25, 0.3) is 0 Å². The fraction of sp³-hybridized carbons (Fsp3) is 0.333. The van der Waals surface area contributed by atoms with Gasteiger partial charge in [-0.15, -0.1) is 0 Å². The molecule has 4 nitrogen and oxygen atoms in total. The molecule has 0 aliphatic rings. The van der Waals surface area contributed by atoms with Gasteiger partial charge in [-0.25, -0.2) is 4.98 Å². The van der Waals surface area contributed by atoms with Crippen LogP contribution < -0.4 is 5.32 Å². The van der Waals surface area contributed by atoms with Crippen molar-refractivity contribution < 1.29 is 4.42 Å². The molecule has 0 amide bonds. The number of aryl methyl sites for hydroxylation is 3. The third-order valence-electron chi connectivity index (χ3n) is 2.43. The van der Waals surface area contributed by atoms with Gasteiger partial charge in [0.2, 0.25) is 0 Å². The SMILES string of the molecule is Cc1ccc(CNc2cnc(C)c(C)n2)o1. The van der Waals surface area contributed by atoms with E-state index in [1.54, 1.807) is 6.20 Å². The largest absolute Gasteiger partial charge is 0.465 e. The summed E-state index contributed by atoms with van der Waals surface area (Å²) >= 11 is 0. The number of aromatic nitrogens is 2. The van der Waals surface area contributed by atoms with E-state index in [9.17, 15) is 0 Å². The van der Waals surface area contributed by atoms with Crippen LogP contribution in [0.2, 0.25) is 0 Å². The summed E-state index contributed by atoms with van der Waals surface area (Å²) in [5.74, 6) is 2.60. The van der Waals surface area contributed by atoms with Crippen LogP contribution in [0.4, 0.5) is 5.82 Å². The summed E-state index contributed by atoms with van der Waals surface area (Å²) in [4.78, 5) is 8.62. The maximum Gasteiger partial charge on any atom is 0.145 e. The second-order valence-corrected chi connectivity index (χ2v) is 3.79. The predicted molar refractivity (Wildman–Crippen MR) is 62.3 cm³/mol. The molecule has 2 aromatic heterocycles. The van der Waals surface area contributed by atoms with Gasteiger partial charge in [0, 0.05) is 0 Å². The van der Waals surface area contributed by atoms with Crippen LogP contribution in [0.25, 0.3) is 0 Å². The quantitative estimate of drug-likeness (QED) is 0.858. The van der Waals surface area contributed by atoms with Crippen molar-refractivity contribution in [1.82, 2.24) is 9.97 Å². The van der Waals surface area contributed by atoms with E-state index in [1.165, 1.54) is 0 Å². The summed E-state index contributed by atoms with van der Waals surface area (Å²) in [6.07, 6.45) is 1.73. The Labute approximate surface area is 94.7 Å². The van der Waals surface area contributed by atoms with E-state index >= 15 is 0 Å². The molecular weight excluding hydrogens is 202 g/mol. The number of anilines is 1. The van der Waals surface area contributed by atoms with Crippen LogP contribution in [-0.2, 0) is 6.54 Å². The lowest BCUT2D eigenvalue weighted by Gasteiger charge is -2.05. The molecule has 0 bridgehead atoms. The van der Waals surface area contributed by atoms with E-state index < -0.39 is 0 Å². The molecule has 0 spiro atoms. The number of hydrogen-bond acceptors (Lipinski definition) is 4. The van der Waals surface area contributed by atoms with Gasteiger partial charge >= 0.3 is 0 Å². The van der Waals surface area contributed by atoms with Crippen LogP contribution in [0.15, 0.2) is 22.7 Å². The molecule has 0 saturated heterocycles. The minimum Gasteiger partial charge on any atom is -0.465 e. The highest BCUT2D eigenvalue weighted by molar-refractivity contribution is 5.33. The molecule has 0 atom stereocenters. The Morgan fingerprint density at radius 3 is 2.62 bits per heavy atom. The molecule has 0 radical (unpaired) electrons. The van der Waals surface area contributed by atoms with Gasteiger partial charge in [-0.3, -0.25) is 4.98 Å². The molecule has 84 valence electrons. The van der Waals surface area contributed by atoms with E-state index in [4.69, 9.17) is 4.42 Å². The minimum absolute atomic E-state index is 0.630. The smallest absolute Gasteiger partial charge is 0.145 e. The molecule has 4 heteroatoms. The van der Waals surface area contributed by atoms with Gasteiger partial charge in [-0.2, -0.15) is 0 Å². The Morgan fingerprint density at radius 2 is 2.00 bits per heavy atom. The Balaban J connectivity index is 2.02. The van der Waals surface area contributed by atoms with Gasteiger partial charge in [0.1, 0.15) is 17.3 Å². The lowest BCUT2D eigenvalue weighted by molar-refractivity contribution is 0.490. The Bertz CT molecular complexity index is 491.